The first-order valence-electron chi connectivity index (χ1n) is 8.24. The highest BCUT2D eigenvalue weighted by molar-refractivity contribution is 14.1. The van der Waals surface area contributed by atoms with E-state index < -0.39 is 0 Å². The summed E-state index contributed by atoms with van der Waals surface area (Å²) in [4.78, 5) is 17.0. The van der Waals surface area contributed by atoms with Crippen molar-refractivity contribution in [3.8, 4) is 0 Å². The number of carbonyl (C=O) groups excluding carboxylic acids is 1. The van der Waals surface area contributed by atoms with Crippen LogP contribution in [0.25, 0.3) is 0 Å². The van der Waals surface area contributed by atoms with Gasteiger partial charge in [-0.25, -0.2) is 0 Å². The second-order valence-electron chi connectivity index (χ2n) is 6.02. The predicted octanol–water partition coefficient (Wildman–Crippen LogP) is 3.44. The molecule has 1 atom stereocenters. The Kier molecular flexibility index (Phi) is 5.60. The van der Waals surface area contributed by atoms with E-state index in [0.717, 1.165) is 35.4 Å². The Morgan fingerprint density at radius 3 is 2.42 bits per heavy atom. The molecule has 1 saturated heterocycles. The van der Waals surface area contributed by atoms with Gasteiger partial charge < -0.3 is 15.1 Å². The minimum absolute atomic E-state index is 0.168. The molecule has 4 nitrogen and oxygen atoms in total. The number of rotatable bonds is 4. The number of nitrogens with one attached hydrogen (secondary N) is 1. The molecule has 0 spiro atoms. The molecule has 1 aliphatic heterocycles. The molecule has 0 saturated carbocycles. The zero-order valence-electron chi connectivity index (χ0n) is 13.8. The van der Waals surface area contributed by atoms with E-state index in [9.17, 15) is 4.79 Å². The second kappa shape index (κ2) is 7.88. The van der Waals surface area contributed by atoms with Gasteiger partial charge in [-0.05, 0) is 59.8 Å². The molecule has 1 heterocycles. The van der Waals surface area contributed by atoms with Crippen LogP contribution in [0.3, 0.4) is 0 Å². The molecule has 2 aromatic carbocycles. The lowest BCUT2D eigenvalue weighted by molar-refractivity contribution is -0.131. The van der Waals surface area contributed by atoms with Gasteiger partial charge in [0.25, 0.3) is 0 Å². The lowest BCUT2D eigenvalue weighted by Crippen LogP contribution is -2.52. The number of carbonyl (C=O) groups is 1. The van der Waals surface area contributed by atoms with Crippen molar-refractivity contribution >= 4 is 39.9 Å². The van der Waals surface area contributed by atoms with Crippen LogP contribution in [0.15, 0.2) is 54.6 Å². The second-order valence-corrected chi connectivity index (χ2v) is 7.27. The fourth-order valence-electron chi connectivity index (χ4n) is 2.99. The van der Waals surface area contributed by atoms with Crippen LogP contribution in [0.1, 0.15) is 6.92 Å². The minimum atomic E-state index is -0.216. The average molecular weight is 435 g/mol. The third-order valence-electron chi connectivity index (χ3n) is 4.29. The van der Waals surface area contributed by atoms with Gasteiger partial charge in [-0.15, -0.1) is 0 Å². The number of hydrogen-bond acceptors (Lipinski definition) is 3. The van der Waals surface area contributed by atoms with E-state index in [1.54, 1.807) is 0 Å². The van der Waals surface area contributed by atoms with E-state index in [2.05, 4.69) is 63.1 Å². The molecule has 1 unspecified atom stereocenters. The summed E-state index contributed by atoms with van der Waals surface area (Å²) in [5.74, 6) is 0.168. The number of hydrogen-bond donors (Lipinski definition) is 1. The third kappa shape index (κ3) is 4.20. The van der Waals surface area contributed by atoms with Gasteiger partial charge in [0.2, 0.25) is 5.91 Å². The molecule has 5 heteroatoms. The molecular weight excluding hydrogens is 413 g/mol. The summed E-state index contributed by atoms with van der Waals surface area (Å²) < 4.78 is 1.16. The number of anilines is 2. The van der Waals surface area contributed by atoms with Gasteiger partial charge in [-0.2, -0.15) is 0 Å². The van der Waals surface area contributed by atoms with Gasteiger partial charge in [-0.1, -0.05) is 24.3 Å². The highest BCUT2D eigenvalue weighted by Gasteiger charge is 2.24. The quantitative estimate of drug-likeness (QED) is 0.748. The first-order chi connectivity index (χ1) is 11.6. The van der Waals surface area contributed by atoms with Crippen LogP contribution in [0.2, 0.25) is 0 Å². The van der Waals surface area contributed by atoms with Crippen LogP contribution < -0.4 is 10.2 Å². The normalized spacial score (nSPS) is 15.9. The van der Waals surface area contributed by atoms with E-state index >= 15 is 0 Å². The number of piperazine rings is 1. The SMILES string of the molecule is CC(Nc1cccc(I)c1)C(=O)N1CCN(c2ccccc2)CC1. The Balaban J connectivity index is 1.55. The molecule has 24 heavy (non-hydrogen) atoms. The van der Waals surface area contributed by atoms with Crippen molar-refractivity contribution in [2.45, 2.75) is 13.0 Å². The molecule has 0 aliphatic carbocycles. The lowest BCUT2D eigenvalue weighted by atomic mass is 10.2. The summed E-state index contributed by atoms with van der Waals surface area (Å²) in [7, 11) is 0. The molecule has 3 rings (SSSR count). The molecule has 2 aromatic rings. The molecule has 1 N–H and O–H groups in total. The largest absolute Gasteiger partial charge is 0.374 e. The highest BCUT2D eigenvalue weighted by atomic mass is 127. The van der Waals surface area contributed by atoms with Gasteiger partial charge in [0, 0.05) is 41.1 Å². The van der Waals surface area contributed by atoms with Crippen molar-refractivity contribution in [1.82, 2.24) is 4.90 Å². The molecule has 0 aromatic heterocycles. The molecule has 1 aliphatic rings. The van der Waals surface area contributed by atoms with Crippen molar-refractivity contribution in [3.63, 3.8) is 0 Å². The van der Waals surface area contributed by atoms with Crippen molar-refractivity contribution in [2.24, 2.45) is 0 Å². The number of nitrogens with zero attached hydrogens (tertiary/aromatic N) is 2. The van der Waals surface area contributed by atoms with Crippen LogP contribution in [0.5, 0.6) is 0 Å². The van der Waals surface area contributed by atoms with Gasteiger partial charge >= 0.3 is 0 Å². The number of para-hydroxylation sites is 1. The summed E-state index contributed by atoms with van der Waals surface area (Å²) in [6.45, 7) is 5.24. The maximum absolute atomic E-state index is 12.7. The van der Waals surface area contributed by atoms with Gasteiger partial charge in [0.1, 0.15) is 6.04 Å². The van der Waals surface area contributed by atoms with Crippen LogP contribution in [-0.4, -0.2) is 43.0 Å². The fourth-order valence-corrected chi connectivity index (χ4v) is 3.53. The van der Waals surface area contributed by atoms with Crippen LogP contribution in [0.4, 0.5) is 11.4 Å². The monoisotopic (exact) mass is 435 g/mol. The minimum Gasteiger partial charge on any atom is -0.374 e. The van der Waals surface area contributed by atoms with E-state index in [1.165, 1.54) is 5.69 Å². The molecule has 126 valence electrons. The Labute approximate surface area is 157 Å². The zero-order valence-corrected chi connectivity index (χ0v) is 15.9. The smallest absolute Gasteiger partial charge is 0.244 e. The summed E-state index contributed by atoms with van der Waals surface area (Å²) in [6.07, 6.45) is 0. The zero-order chi connectivity index (χ0) is 16.9. The van der Waals surface area contributed by atoms with Crippen molar-refractivity contribution in [1.29, 1.82) is 0 Å². The van der Waals surface area contributed by atoms with Crippen LogP contribution in [0, 0.1) is 3.57 Å². The molecule has 0 radical (unpaired) electrons. The van der Waals surface area contributed by atoms with Crippen molar-refractivity contribution < 1.29 is 4.79 Å². The van der Waals surface area contributed by atoms with Crippen LogP contribution >= 0.6 is 22.6 Å². The topological polar surface area (TPSA) is 35.6 Å². The Hall–Kier alpha value is -1.76. The Bertz CT molecular complexity index is 684. The Morgan fingerprint density at radius 2 is 1.75 bits per heavy atom. The van der Waals surface area contributed by atoms with Crippen molar-refractivity contribution in [2.75, 3.05) is 36.4 Å². The van der Waals surface area contributed by atoms with Gasteiger partial charge in [-0.3, -0.25) is 4.79 Å². The third-order valence-corrected chi connectivity index (χ3v) is 4.96. The summed E-state index contributed by atoms with van der Waals surface area (Å²) in [5, 5.41) is 3.31. The van der Waals surface area contributed by atoms with Gasteiger partial charge in [0.05, 0.1) is 0 Å². The van der Waals surface area contributed by atoms with Crippen LogP contribution in [-0.2, 0) is 4.79 Å². The molecular formula is C19H22IN3O. The number of halogens is 1. The summed E-state index contributed by atoms with van der Waals surface area (Å²) in [5.41, 5.74) is 2.22. The van der Waals surface area contributed by atoms with Gasteiger partial charge in [0.15, 0.2) is 0 Å². The number of benzene rings is 2. The predicted molar refractivity (Wildman–Crippen MR) is 107 cm³/mol. The highest BCUT2D eigenvalue weighted by Crippen LogP contribution is 2.17. The average Bonchev–Trinajstić information content (AvgIpc) is 2.62. The summed E-state index contributed by atoms with van der Waals surface area (Å²) >= 11 is 2.28. The summed E-state index contributed by atoms with van der Waals surface area (Å²) in [6, 6.07) is 18.3. The first-order valence-corrected chi connectivity index (χ1v) is 9.32. The maximum atomic E-state index is 12.7. The molecule has 1 amide bonds. The standard InChI is InChI=1S/C19H22IN3O/c1-15(21-17-7-5-6-16(20)14-17)19(24)23-12-10-22(11-13-23)18-8-3-2-4-9-18/h2-9,14-15,21H,10-13H2,1H3. The number of amides is 1. The molecule has 1 fully saturated rings. The van der Waals surface area contributed by atoms with E-state index in [4.69, 9.17) is 0 Å². The fraction of sp³-hybridized carbons (Fsp3) is 0.316. The maximum Gasteiger partial charge on any atom is 0.244 e. The Morgan fingerprint density at radius 1 is 1.04 bits per heavy atom. The van der Waals surface area contributed by atoms with E-state index in [1.807, 2.05) is 36.1 Å². The first kappa shape index (κ1) is 17.1. The van der Waals surface area contributed by atoms with Crippen molar-refractivity contribution in [3.05, 3.63) is 58.2 Å². The lowest BCUT2D eigenvalue weighted by Gasteiger charge is -2.37. The van der Waals surface area contributed by atoms with E-state index in [0.29, 0.717) is 0 Å². The van der Waals surface area contributed by atoms with E-state index in [-0.39, 0.29) is 11.9 Å². The molecule has 0 bridgehead atoms.